The first-order valence-corrected chi connectivity index (χ1v) is 3.81. The molecular weight excluding hydrogens is 219 g/mol. The lowest BCUT2D eigenvalue weighted by atomic mass is 10.1. The minimum absolute atomic E-state index is 0.261. The SMILES string of the molecule is CC(=O)c1c(F)ccc(C(F)(F)F)c1F. The topological polar surface area (TPSA) is 17.1 Å². The van der Waals surface area contributed by atoms with E-state index in [0.29, 0.717) is 6.07 Å². The van der Waals surface area contributed by atoms with Gasteiger partial charge in [-0.1, -0.05) is 0 Å². The lowest BCUT2D eigenvalue weighted by Crippen LogP contribution is -2.13. The second-order valence-electron chi connectivity index (χ2n) is 2.84. The molecule has 1 nitrogen and oxygen atoms in total. The van der Waals surface area contributed by atoms with Gasteiger partial charge in [0.25, 0.3) is 0 Å². The molecule has 1 rings (SSSR count). The van der Waals surface area contributed by atoms with Gasteiger partial charge < -0.3 is 0 Å². The molecule has 1 aromatic carbocycles. The molecule has 0 saturated heterocycles. The van der Waals surface area contributed by atoms with Gasteiger partial charge in [-0.05, 0) is 19.1 Å². The second-order valence-corrected chi connectivity index (χ2v) is 2.84. The van der Waals surface area contributed by atoms with Crippen LogP contribution < -0.4 is 0 Å². The van der Waals surface area contributed by atoms with Crippen LogP contribution in [-0.2, 0) is 6.18 Å². The van der Waals surface area contributed by atoms with Crippen molar-refractivity contribution in [2.75, 3.05) is 0 Å². The number of hydrogen-bond donors (Lipinski definition) is 0. The summed E-state index contributed by atoms with van der Waals surface area (Å²) in [5, 5.41) is 0. The van der Waals surface area contributed by atoms with E-state index in [1.54, 1.807) is 0 Å². The van der Waals surface area contributed by atoms with E-state index in [1.165, 1.54) is 0 Å². The highest BCUT2D eigenvalue weighted by molar-refractivity contribution is 5.94. The fourth-order valence-electron chi connectivity index (χ4n) is 1.09. The normalized spacial score (nSPS) is 11.6. The van der Waals surface area contributed by atoms with Gasteiger partial charge in [-0.25, -0.2) is 8.78 Å². The van der Waals surface area contributed by atoms with E-state index < -0.39 is 34.7 Å². The predicted octanol–water partition coefficient (Wildman–Crippen LogP) is 3.19. The summed E-state index contributed by atoms with van der Waals surface area (Å²) >= 11 is 0. The first-order valence-electron chi connectivity index (χ1n) is 3.81. The van der Waals surface area contributed by atoms with E-state index >= 15 is 0 Å². The van der Waals surface area contributed by atoms with Crippen LogP contribution in [0.15, 0.2) is 12.1 Å². The van der Waals surface area contributed by atoms with Crippen LogP contribution >= 0.6 is 0 Å². The van der Waals surface area contributed by atoms with Crippen molar-refractivity contribution < 1.29 is 26.7 Å². The number of halogens is 5. The molecule has 0 unspecified atom stereocenters. The predicted molar refractivity (Wildman–Crippen MR) is 41.4 cm³/mol. The van der Waals surface area contributed by atoms with Crippen molar-refractivity contribution in [3.8, 4) is 0 Å². The zero-order chi connectivity index (χ0) is 11.8. The number of Topliss-reactive ketones (excluding diaryl/α,β-unsaturated/α-hetero) is 1. The average Bonchev–Trinajstić information content (AvgIpc) is 2.00. The van der Waals surface area contributed by atoms with Crippen molar-refractivity contribution in [2.24, 2.45) is 0 Å². The Morgan fingerprint density at radius 2 is 1.73 bits per heavy atom. The Kier molecular flexibility index (Phi) is 2.79. The molecule has 15 heavy (non-hydrogen) atoms. The summed E-state index contributed by atoms with van der Waals surface area (Å²) in [6.45, 7) is 0.793. The first kappa shape index (κ1) is 11.6. The largest absolute Gasteiger partial charge is 0.419 e. The highest BCUT2D eigenvalue weighted by Gasteiger charge is 2.36. The van der Waals surface area contributed by atoms with Gasteiger partial charge in [0, 0.05) is 0 Å². The van der Waals surface area contributed by atoms with Gasteiger partial charge in [-0.2, -0.15) is 13.2 Å². The molecule has 82 valence electrons. The van der Waals surface area contributed by atoms with Crippen molar-refractivity contribution in [2.45, 2.75) is 13.1 Å². The Morgan fingerprint density at radius 1 is 1.20 bits per heavy atom. The summed E-state index contributed by atoms with van der Waals surface area (Å²) in [6.07, 6.45) is -4.94. The smallest absolute Gasteiger partial charge is 0.294 e. The molecule has 0 N–H and O–H groups in total. The monoisotopic (exact) mass is 224 g/mol. The Balaban J connectivity index is 3.49. The minimum atomic E-state index is -4.94. The number of rotatable bonds is 1. The Bertz CT molecular complexity index is 408. The summed E-state index contributed by atoms with van der Waals surface area (Å²) in [6, 6.07) is 0.680. The van der Waals surface area contributed by atoms with E-state index in [0.717, 1.165) is 6.92 Å². The Morgan fingerprint density at radius 3 is 2.13 bits per heavy atom. The van der Waals surface area contributed by atoms with Crippen LogP contribution in [0.5, 0.6) is 0 Å². The molecule has 0 saturated carbocycles. The molecule has 0 spiro atoms. The fraction of sp³-hybridized carbons (Fsp3) is 0.222. The van der Waals surface area contributed by atoms with Crippen molar-refractivity contribution in [1.82, 2.24) is 0 Å². The quantitative estimate of drug-likeness (QED) is 0.528. The zero-order valence-electron chi connectivity index (χ0n) is 7.45. The maximum atomic E-state index is 13.1. The van der Waals surface area contributed by atoms with Gasteiger partial charge in [0.05, 0.1) is 11.1 Å². The molecule has 0 radical (unpaired) electrons. The fourth-order valence-corrected chi connectivity index (χ4v) is 1.09. The summed E-state index contributed by atoms with van der Waals surface area (Å²) in [5.74, 6) is -4.25. The van der Waals surface area contributed by atoms with Crippen LogP contribution in [0, 0.1) is 11.6 Å². The molecule has 1 aromatic rings. The Labute approximate surface area is 81.5 Å². The summed E-state index contributed by atoms with van der Waals surface area (Å²) < 4.78 is 62.4. The Hall–Kier alpha value is -1.46. The molecule has 0 fully saturated rings. The first-order chi connectivity index (χ1) is 6.75. The van der Waals surface area contributed by atoms with Crippen LogP contribution in [0.3, 0.4) is 0 Å². The molecule has 0 heterocycles. The van der Waals surface area contributed by atoms with Crippen LogP contribution in [0.1, 0.15) is 22.8 Å². The van der Waals surface area contributed by atoms with Gasteiger partial charge in [-0.3, -0.25) is 4.79 Å². The third kappa shape index (κ3) is 2.14. The standard InChI is InChI=1S/C9H5F5O/c1-4(15)7-6(10)3-2-5(8(7)11)9(12,13)14/h2-3H,1H3. The number of benzene rings is 1. The third-order valence-corrected chi connectivity index (χ3v) is 1.75. The van der Waals surface area contributed by atoms with Gasteiger partial charge in [-0.15, -0.1) is 0 Å². The van der Waals surface area contributed by atoms with Crippen molar-refractivity contribution in [3.05, 3.63) is 34.9 Å². The van der Waals surface area contributed by atoms with E-state index in [2.05, 4.69) is 0 Å². The highest BCUT2D eigenvalue weighted by atomic mass is 19.4. The maximum absolute atomic E-state index is 13.1. The van der Waals surface area contributed by atoms with Crippen LogP contribution in [0.4, 0.5) is 22.0 Å². The van der Waals surface area contributed by atoms with E-state index in [1.807, 2.05) is 0 Å². The van der Waals surface area contributed by atoms with Crippen molar-refractivity contribution >= 4 is 5.78 Å². The molecule has 6 heteroatoms. The van der Waals surface area contributed by atoms with E-state index in [9.17, 15) is 26.7 Å². The molecule has 0 aliphatic heterocycles. The molecule has 0 atom stereocenters. The van der Waals surface area contributed by atoms with Crippen molar-refractivity contribution in [3.63, 3.8) is 0 Å². The van der Waals surface area contributed by atoms with Crippen molar-refractivity contribution in [1.29, 1.82) is 0 Å². The zero-order valence-corrected chi connectivity index (χ0v) is 7.45. The lowest BCUT2D eigenvalue weighted by molar-refractivity contribution is -0.140. The van der Waals surface area contributed by atoms with Gasteiger partial charge >= 0.3 is 6.18 Å². The molecule has 0 aliphatic rings. The number of carbonyl (C=O) groups is 1. The number of ketones is 1. The number of alkyl halides is 3. The molecular formula is C9H5F5O. The molecule has 0 amide bonds. The van der Waals surface area contributed by atoms with Crippen LogP contribution in [0.2, 0.25) is 0 Å². The van der Waals surface area contributed by atoms with Crippen LogP contribution in [0.25, 0.3) is 0 Å². The minimum Gasteiger partial charge on any atom is -0.294 e. The number of carbonyl (C=O) groups excluding carboxylic acids is 1. The third-order valence-electron chi connectivity index (χ3n) is 1.75. The maximum Gasteiger partial charge on any atom is 0.419 e. The van der Waals surface area contributed by atoms with E-state index in [-0.39, 0.29) is 6.07 Å². The summed E-state index contributed by atoms with van der Waals surface area (Å²) in [4.78, 5) is 10.7. The molecule has 0 bridgehead atoms. The second kappa shape index (κ2) is 3.60. The molecule has 0 aromatic heterocycles. The van der Waals surface area contributed by atoms with E-state index in [4.69, 9.17) is 0 Å². The van der Waals surface area contributed by atoms with Gasteiger partial charge in [0.15, 0.2) is 5.78 Å². The highest BCUT2D eigenvalue weighted by Crippen LogP contribution is 2.33. The van der Waals surface area contributed by atoms with Gasteiger partial charge in [0.2, 0.25) is 0 Å². The number of hydrogen-bond acceptors (Lipinski definition) is 1. The van der Waals surface area contributed by atoms with Gasteiger partial charge in [0.1, 0.15) is 11.6 Å². The summed E-state index contributed by atoms with van der Waals surface area (Å²) in [5.41, 5.74) is -2.81. The van der Waals surface area contributed by atoms with Crippen LogP contribution in [-0.4, -0.2) is 5.78 Å². The summed E-state index contributed by atoms with van der Waals surface area (Å²) in [7, 11) is 0. The lowest BCUT2D eigenvalue weighted by Gasteiger charge is -2.10. The average molecular weight is 224 g/mol. The molecule has 0 aliphatic carbocycles.